The third-order valence-electron chi connectivity index (χ3n) is 4.59. The van der Waals surface area contributed by atoms with Crippen LogP contribution in [0.25, 0.3) is 17.2 Å². The van der Waals surface area contributed by atoms with Crippen molar-refractivity contribution in [2.45, 2.75) is 20.0 Å². The molecule has 0 spiro atoms. The van der Waals surface area contributed by atoms with E-state index in [1.54, 1.807) is 17.4 Å². The summed E-state index contributed by atoms with van der Waals surface area (Å²) in [4.78, 5) is 13.3. The highest BCUT2D eigenvalue weighted by molar-refractivity contribution is 7.12. The molecule has 0 unspecified atom stereocenters. The molecule has 28 heavy (non-hydrogen) atoms. The number of halogens is 1. The van der Waals surface area contributed by atoms with E-state index in [0.717, 1.165) is 11.3 Å². The second-order valence-corrected chi connectivity index (χ2v) is 7.72. The van der Waals surface area contributed by atoms with Crippen molar-refractivity contribution < 1.29 is 18.7 Å². The summed E-state index contributed by atoms with van der Waals surface area (Å²) in [6.07, 6.45) is 3.14. The fourth-order valence-corrected chi connectivity index (χ4v) is 4.24. The molecule has 4 rings (SSSR count). The number of fused-ring (bicyclic) bond motifs is 1. The minimum atomic E-state index is -0.461. The Morgan fingerprint density at radius 3 is 2.79 bits per heavy atom. The number of carbonyl (C=O) groups excluding carboxylic acids is 1. The van der Waals surface area contributed by atoms with E-state index in [2.05, 4.69) is 25.1 Å². The van der Waals surface area contributed by atoms with Crippen LogP contribution in [-0.4, -0.2) is 12.9 Å². The monoisotopic (exact) mass is 394 g/mol. The molecule has 2 aromatic carbocycles. The molecule has 0 aliphatic carbocycles. The SMILES string of the molecule is CCc1sc(COc2cc(F)c3c(c2)OCC(C=O)=C3)cc1-c1ccccc1. The number of aryl methyl sites for hydroxylation is 1. The van der Waals surface area contributed by atoms with E-state index in [1.807, 2.05) is 18.2 Å². The van der Waals surface area contributed by atoms with Crippen LogP contribution >= 0.6 is 11.3 Å². The lowest BCUT2D eigenvalue weighted by Crippen LogP contribution is -2.09. The molecule has 0 atom stereocenters. The van der Waals surface area contributed by atoms with Crippen LogP contribution in [0.5, 0.6) is 11.5 Å². The smallest absolute Gasteiger partial charge is 0.149 e. The zero-order valence-electron chi connectivity index (χ0n) is 15.4. The minimum Gasteiger partial charge on any atom is -0.488 e. The van der Waals surface area contributed by atoms with Crippen LogP contribution in [0.2, 0.25) is 0 Å². The van der Waals surface area contributed by atoms with Crippen molar-refractivity contribution in [3.8, 4) is 22.6 Å². The number of benzene rings is 2. The zero-order chi connectivity index (χ0) is 19.5. The van der Waals surface area contributed by atoms with Gasteiger partial charge in [-0.15, -0.1) is 11.3 Å². The molecule has 0 bridgehead atoms. The van der Waals surface area contributed by atoms with Crippen LogP contribution < -0.4 is 9.47 Å². The lowest BCUT2D eigenvalue weighted by molar-refractivity contribution is -0.105. The first-order valence-corrected chi connectivity index (χ1v) is 9.91. The molecule has 142 valence electrons. The molecule has 3 nitrogen and oxygen atoms in total. The number of ether oxygens (including phenoxy) is 2. The molecule has 0 saturated heterocycles. The van der Waals surface area contributed by atoms with E-state index in [-0.39, 0.29) is 12.2 Å². The molecule has 3 aromatic rings. The lowest BCUT2D eigenvalue weighted by atomic mass is 10.1. The number of hydrogen-bond acceptors (Lipinski definition) is 4. The summed E-state index contributed by atoms with van der Waals surface area (Å²) >= 11 is 1.71. The molecule has 1 aliphatic heterocycles. The first-order valence-electron chi connectivity index (χ1n) is 9.10. The second-order valence-electron chi connectivity index (χ2n) is 6.50. The summed E-state index contributed by atoms with van der Waals surface area (Å²) in [6, 6.07) is 15.4. The van der Waals surface area contributed by atoms with Crippen LogP contribution in [0.3, 0.4) is 0 Å². The zero-order valence-corrected chi connectivity index (χ0v) is 16.2. The largest absolute Gasteiger partial charge is 0.488 e. The van der Waals surface area contributed by atoms with Crippen LogP contribution in [-0.2, 0) is 17.8 Å². The average Bonchev–Trinajstić information content (AvgIpc) is 3.16. The first-order chi connectivity index (χ1) is 13.7. The summed E-state index contributed by atoms with van der Waals surface area (Å²) < 4.78 is 25.7. The maximum atomic E-state index is 14.4. The predicted octanol–water partition coefficient (Wildman–Crippen LogP) is 5.67. The van der Waals surface area contributed by atoms with Crippen LogP contribution in [0, 0.1) is 5.82 Å². The van der Waals surface area contributed by atoms with Gasteiger partial charge in [0.2, 0.25) is 0 Å². The van der Waals surface area contributed by atoms with Gasteiger partial charge in [0.05, 0.1) is 5.56 Å². The van der Waals surface area contributed by atoms with Crippen molar-refractivity contribution in [1.29, 1.82) is 0 Å². The van der Waals surface area contributed by atoms with E-state index in [0.29, 0.717) is 30.0 Å². The summed E-state index contributed by atoms with van der Waals surface area (Å²) in [5, 5.41) is 0. The molecule has 1 aromatic heterocycles. The first kappa shape index (κ1) is 18.4. The molecule has 0 amide bonds. The Balaban J connectivity index is 1.54. The Kier molecular flexibility index (Phi) is 5.26. The topological polar surface area (TPSA) is 35.5 Å². The summed E-state index contributed by atoms with van der Waals surface area (Å²) in [6.45, 7) is 2.64. The highest BCUT2D eigenvalue weighted by Crippen LogP contribution is 2.35. The predicted molar refractivity (Wildman–Crippen MR) is 109 cm³/mol. The van der Waals surface area contributed by atoms with Gasteiger partial charge in [-0.2, -0.15) is 0 Å². The van der Waals surface area contributed by atoms with Gasteiger partial charge < -0.3 is 9.47 Å². The second kappa shape index (κ2) is 7.98. The van der Waals surface area contributed by atoms with Crippen molar-refractivity contribution in [2.75, 3.05) is 6.61 Å². The molecular weight excluding hydrogens is 375 g/mol. The van der Waals surface area contributed by atoms with Crippen LogP contribution in [0.15, 0.2) is 54.1 Å². The Labute approximate surface area is 167 Å². The molecule has 0 radical (unpaired) electrons. The average molecular weight is 394 g/mol. The minimum absolute atomic E-state index is 0.143. The molecule has 0 fully saturated rings. The van der Waals surface area contributed by atoms with E-state index >= 15 is 0 Å². The number of rotatable bonds is 6. The van der Waals surface area contributed by atoms with Gasteiger partial charge in [0.25, 0.3) is 0 Å². The van der Waals surface area contributed by atoms with Crippen LogP contribution in [0.1, 0.15) is 22.2 Å². The number of thiophene rings is 1. The van der Waals surface area contributed by atoms with Crippen LogP contribution in [0.4, 0.5) is 4.39 Å². The van der Waals surface area contributed by atoms with Gasteiger partial charge in [0, 0.05) is 27.5 Å². The molecule has 0 saturated carbocycles. The molecule has 0 N–H and O–H groups in total. The fourth-order valence-electron chi connectivity index (χ4n) is 3.20. The lowest BCUT2D eigenvalue weighted by Gasteiger charge is -2.17. The Morgan fingerprint density at radius 2 is 2.04 bits per heavy atom. The number of aldehydes is 1. The van der Waals surface area contributed by atoms with Gasteiger partial charge in [0.15, 0.2) is 0 Å². The third kappa shape index (κ3) is 3.71. The van der Waals surface area contributed by atoms with Gasteiger partial charge >= 0.3 is 0 Å². The fraction of sp³-hybridized carbons (Fsp3) is 0.174. The Bertz CT molecular complexity index is 1040. The van der Waals surface area contributed by atoms with E-state index in [1.165, 1.54) is 28.1 Å². The normalized spacial score (nSPS) is 12.7. The summed E-state index contributed by atoms with van der Waals surface area (Å²) in [5.74, 6) is 0.342. The Morgan fingerprint density at radius 1 is 1.21 bits per heavy atom. The van der Waals surface area contributed by atoms with Gasteiger partial charge in [-0.05, 0) is 29.7 Å². The maximum Gasteiger partial charge on any atom is 0.149 e. The summed E-state index contributed by atoms with van der Waals surface area (Å²) in [5.41, 5.74) is 3.11. The van der Waals surface area contributed by atoms with E-state index < -0.39 is 5.82 Å². The summed E-state index contributed by atoms with van der Waals surface area (Å²) in [7, 11) is 0. The van der Waals surface area contributed by atoms with Gasteiger partial charge in [-0.1, -0.05) is 37.3 Å². The molecule has 2 heterocycles. The third-order valence-corrected chi connectivity index (χ3v) is 5.84. The highest BCUT2D eigenvalue weighted by Gasteiger charge is 2.17. The van der Waals surface area contributed by atoms with E-state index in [9.17, 15) is 9.18 Å². The highest BCUT2D eigenvalue weighted by atomic mass is 32.1. The maximum absolute atomic E-state index is 14.4. The molecule has 1 aliphatic rings. The van der Waals surface area contributed by atoms with Crippen molar-refractivity contribution >= 4 is 23.7 Å². The quantitative estimate of drug-likeness (QED) is 0.505. The number of hydrogen-bond donors (Lipinski definition) is 0. The van der Waals surface area contributed by atoms with Gasteiger partial charge in [-0.3, -0.25) is 4.79 Å². The standard InChI is InChI=1S/C23H19FO3S/c1-2-23-19(16-6-4-3-5-7-16)11-18(28-23)14-26-17-9-21(24)20-8-15(12-25)13-27-22(20)10-17/h3-12H,2,13-14H2,1H3. The van der Waals surface area contributed by atoms with Crippen molar-refractivity contribution in [2.24, 2.45) is 0 Å². The molecule has 5 heteroatoms. The van der Waals surface area contributed by atoms with Gasteiger partial charge in [-0.25, -0.2) is 4.39 Å². The Hall–Kier alpha value is -2.92. The number of carbonyl (C=O) groups is 1. The molecular formula is C23H19FO3S. The van der Waals surface area contributed by atoms with Crippen molar-refractivity contribution in [3.63, 3.8) is 0 Å². The van der Waals surface area contributed by atoms with Crippen molar-refractivity contribution in [3.05, 3.63) is 75.2 Å². The van der Waals surface area contributed by atoms with E-state index in [4.69, 9.17) is 9.47 Å². The van der Waals surface area contributed by atoms with Gasteiger partial charge in [0.1, 0.15) is 36.8 Å². The van der Waals surface area contributed by atoms with Crippen molar-refractivity contribution in [1.82, 2.24) is 0 Å².